The minimum Gasteiger partial charge on any atom is -0.376 e. The Morgan fingerprint density at radius 2 is 1.87 bits per heavy atom. The van der Waals surface area contributed by atoms with E-state index in [0.717, 1.165) is 5.56 Å². The molecule has 0 spiro atoms. The Balaban J connectivity index is 1.47. The molecule has 9 nitrogen and oxygen atoms in total. The van der Waals surface area contributed by atoms with Gasteiger partial charge in [-0.2, -0.15) is 18.9 Å². The van der Waals surface area contributed by atoms with Crippen LogP contribution in [0.3, 0.4) is 0 Å². The molecular weight excluding hydrogens is 422 g/mol. The molecule has 30 heavy (non-hydrogen) atoms. The molecule has 0 amide bonds. The fourth-order valence-corrected chi connectivity index (χ4v) is 2.81. The van der Waals surface area contributed by atoms with Crippen molar-refractivity contribution in [2.75, 3.05) is 10.6 Å². The average molecular weight is 435 g/mol. The van der Waals surface area contributed by atoms with Crippen molar-refractivity contribution in [3.05, 3.63) is 68.6 Å². The summed E-state index contributed by atoms with van der Waals surface area (Å²) in [7, 11) is 1.77. The van der Waals surface area contributed by atoms with Crippen LogP contribution in [0.2, 0.25) is 0 Å². The Labute approximate surface area is 172 Å². The van der Waals surface area contributed by atoms with Gasteiger partial charge in [0, 0.05) is 36.6 Å². The number of nitrogens with one attached hydrogen (secondary N) is 2. The van der Waals surface area contributed by atoms with Crippen molar-refractivity contribution in [1.29, 1.82) is 0 Å². The van der Waals surface area contributed by atoms with E-state index in [1.165, 1.54) is 12.1 Å². The molecule has 2 aromatic carbocycles. The molecule has 0 aliphatic heterocycles. The number of halogens is 3. The van der Waals surface area contributed by atoms with Crippen molar-refractivity contribution >= 4 is 28.7 Å². The summed E-state index contributed by atoms with van der Waals surface area (Å²) < 4.78 is 32.1. The number of anilines is 3. The molecule has 2 heterocycles. The molecule has 4 rings (SSSR count). The molecule has 0 aliphatic rings. The number of benzene rings is 1. The number of aryl methyl sites for hydroxylation is 1. The van der Waals surface area contributed by atoms with E-state index >= 15 is 0 Å². The highest BCUT2D eigenvalue weighted by molar-refractivity contribution is 6.21. The van der Waals surface area contributed by atoms with Crippen LogP contribution in [0.5, 0.6) is 0 Å². The Bertz CT molecular complexity index is 1270. The topological polar surface area (TPSA) is 115 Å². The summed E-state index contributed by atoms with van der Waals surface area (Å²) >= 11 is 4.85. The van der Waals surface area contributed by atoms with Gasteiger partial charge in [-0.3, -0.25) is 14.3 Å². The van der Waals surface area contributed by atoms with Crippen molar-refractivity contribution in [3.8, 4) is 11.4 Å². The summed E-state index contributed by atoms with van der Waals surface area (Å²) in [6.45, 7) is 0.331. The molecule has 2 aromatic heterocycles. The zero-order valence-electron chi connectivity index (χ0n) is 15.3. The van der Waals surface area contributed by atoms with E-state index in [2.05, 4.69) is 30.4 Å². The number of nitrogens with zero attached hydrogens (tertiary/aromatic N) is 4. The second-order valence-corrected chi connectivity index (χ2v) is 6.88. The molecule has 0 fully saturated rings. The van der Waals surface area contributed by atoms with Gasteiger partial charge in [-0.15, -0.1) is 0 Å². The number of rotatable bonds is 7. The second-order valence-electron chi connectivity index (χ2n) is 6.41. The summed E-state index contributed by atoms with van der Waals surface area (Å²) in [5.74, 6) is -1.07. The SMILES string of the molecule is Cn1cc(CNc2c(Nc3ccc(-c4noc(C(F)(F)Cl)n4)cc3)c(=O)c2=O)cn1. The molecule has 0 saturated carbocycles. The van der Waals surface area contributed by atoms with Crippen molar-refractivity contribution in [3.63, 3.8) is 0 Å². The number of aromatic nitrogens is 4. The number of alkyl halides is 3. The molecule has 0 unspecified atom stereocenters. The van der Waals surface area contributed by atoms with E-state index in [1.54, 1.807) is 36.3 Å². The van der Waals surface area contributed by atoms with Crippen LogP contribution < -0.4 is 21.5 Å². The van der Waals surface area contributed by atoms with Crippen molar-refractivity contribution in [1.82, 2.24) is 19.9 Å². The van der Waals surface area contributed by atoms with Crippen LogP contribution >= 0.6 is 11.6 Å². The lowest BCUT2D eigenvalue weighted by Crippen LogP contribution is -2.36. The van der Waals surface area contributed by atoms with Gasteiger partial charge in [-0.05, 0) is 35.9 Å². The minimum atomic E-state index is -3.75. The molecule has 0 atom stereocenters. The van der Waals surface area contributed by atoms with Gasteiger partial charge in [0.2, 0.25) is 5.82 Å². The summed E-state index contributed by atoms with van der Waals surface area (Å²) in [5.41, 5.74) is 0.820. The van der Waals surface area contributed by atoms with Crippen molar-refractivity contribution in [2.24, 2.45) is 7.05 Å². The van der Waals surface area contributed by atoms with E-state index in [0.29, 0.717) is 17.8 Å². The molecule has 12 heteroatoms. The first-order valence-corrected chi connectivity index (χ1v) is 8.93. The van der Waals surface area contributed by atoms with Crippen molar-refractivity contribution in [2.45, 2.75) is 11.9 Å². The smallest absolute Gasteiger partial charge is 0.376 e. The van der Waals surface area contributed by atoms with E-state index in [-0.39, 0.29) is 17.2 Å². The van der Waals surface area contributed by atoms with E-state index in [1.807, 2.05) is 0 Å². The summed E-state index contributed by atoms with van der Waals surface area (Å²) in [6, 6.07) is 6.23. The van der Waals surface area contributed by atoms with Gasteiger partial charge in [-0.25, -0.2) is 0 Å². The normalized spacial score (nSPS) is 11.7. The van der Waals surface area contributed by atoms with Crippen LogP contribution in [-0.4, -0.2) is 19.9 Å². The van der Waals surface area contributed by atoms with Crippen LogP contribution in [0.1, 0.15) is 11.5 Å². The largest absolute Gasteiger partial charge is 0.400 e. The summed E-state index contributed by atoms with van der Waals surface area (Å²) in [6.07, 6.45) is 3.43. The third kappa shape index (κ3) is 3.79. The third-order valence-electron chi connectivity index (χ3n) is 4.22. The van der Waals surface area contributed by atoms with Gasteiger partial charge in [-0.1, -0.05) is 5.16 Å². The van der Waals surface area contributed by atoms with Crippen LogP contribution in [0.4, 0.5) is 25.8 Å². The van der Waals surface area contributed by atoms with E-state index in [9.17, 15) is 18.4 Å². The third-order valence-corrected chi connectivity index (χ3v) is 4.38. The quantitative estimate of drug-likeness (QED) is 0.337. The van der Waals surface area contributed by atoms with Crippen LogP contribution in [0.15, 0.2) is 50.8 Å². The number of hydrogen-bond donors (Lipinski definition) is 2. The lowest BCUT2D eigenvalue weighted by atomic mass is 10.1. The van der Waals surface area contributed by atoms with Gasteiger partial charge in [0.25, 0.3) is 10.9 Å². The predicted octanol–water partition coefficient (Wildman–Crippen LogP) is 2.71. The Kier molecular flexibility index (Phi) is 4.82. The molecule has 0 saturated heterocycles. The Morgan fingerprint density at radius 3 is 2.47 bits per heavy atom. The Hall–Kier alpha value is -3.60. The predicted molar refractivity (Wildman–Crippen MR) is 105 cm³/mol. The molecule has 0 aliphatic carbocycles. The minimum absolute atomic E-state index is 0.0650. The zero-order chi connectivity index (χ0) is 21.5. The van der Waals surface area contributed by atoms with Gasteiger partial charge in [0.05, 0.1) is 6.20 Å². The first kappa shape index (κ1) is 19.7. The highest BCUT2D eigenvalue weighted by Crippen LogP contribution is 2.32. The first-order valence-electron chi connectivity index (χ1n) is 8.55. The maximum atomic E-state index is 13.0. The lowest BCUT2D eigenvalue weighted by Gasteiger charge is -2.14. The van der Waals surface area contributed by atoms with E-state index in [4.69, 9.17) is 11.6 Å². The summed E-state index contributed by atoms with van der Waals surface area (Å²) in [5, 5.41) is 9.55. The fourth-order valence-electron chi connectivity index (χ4n) is 2.74. The van der Waals surface area contributed by atoms with Crippen LogP contribution in [0.25, 0.3) is 11.4 Å². The fraction of sp³-hybridized carbons (Fsp3) is 0.167. The first-order chi connectivity index (χ1) is 14.2. The lowest BCUT2D eigenvalue weighted by molar-refractivity contribution is 0.0551. The molecule has 4 aromatic rings. The van der Waals surface area contributed by atoms with Crippen LogP contribution in [-0.2, 0) is 19.0 Å². The molecular formula is C18H13ClF2N6O3. The second kappa shape index (κ2) is 7.34. The van der Waals surface area contributed by atoms with Gasteiger partial charge < -0.3 is 15.2 Å². The zero-order valence-corrected chi connectivity index (χ0v) is 16.1. The van der Waals surface area contributed by atoms with E-state index < -0.39 is 22.1 Å². The standard InChI is InChI=1S/C18H13ClF2N6O3/c1-27-8-9(7-23-27)6-22-12-13(15(29)14(12)28)24-11-4-2-10(3-5-11)16-25-17(30-26-16)18(19,20)21/h2-5,7-8,22,24H,6H2,1H3. The number of hydrogen-bond acceptors (Lipinski definition) is 8. The molecule has 0 radical (unpaired) electrons. The highest BCUT2D eigenvalue weighted by Gasteiger charge is 2.35. The summed E-state index contributed by atoms with van der Waals surface area (Å²) in [4.78, 5) is 27.4. The highest BCUT2D eigenvalue weighted by atomic mass is 35.5. The maximum Gasteiger partial charge on any atom is 0.400 e. The van der Waals surface area contributed by atoms with Gasteiger partial charge >= 0.3 is 11.3 Å². The molecule has 2 N–H and O–H groups in total. The van der Waals surface area contributed by atoms with Crippen molar-refractivity contribution < 1.29 is 13.3 Å². The average Bonchev–Trinajstić information content (AvgIpc) is 3.36. The Morgan fingerprint density at radius 1 is 1.17 bits per heavy atom. The molecule has 0 bridgehead atoms. The van der Waals surface area contributed by atoms with Gasteiger partial charge in [0.15, 0.2) is 0 Å². The van der Waals surface area contributed by atoms with Gasteiger partial charge in [0.1, 0.15) is 11.4 Å². The van der Waals surface area contributed by atoms with Crippen LogP contribution in [0, 0.1) is 0 Å². The molecule has 154 valence electrons. The monoisotopic (exact) mass is 434 g/mol. The maximum absolute atomic E-state index is 13.0.